The van der Waals surface area contributed by atoms with Gasteiger partial charge < -0.3 is 27.3 Å². The van der Waals surface area contributed by atoms with Crippen molar-refractivity contribution in [2.75, 3.05) is 13.1 Å². The van der Waals surface area contributed by atoms with Crippen molar-refractivity contribution in [2.45, 2.75) is 111 Å². The molecule has 0 spiro atoms. The van der Waals surface area contributed by atoms with Crippen LogP contribution in [0.3, 0.4) is 0 Å². The Labute approximate surface area is 242 Å². The van der Waals surface area contributed by atoms with E-state index >= 15 is 0 Å². The third kappa shape index (κ3) is 6.62. The van der Waals surface area contributed by atoms with Gasteiger partial charge in [0.1, 0.15) is 6.10 Å². The summed E-state index contributed by atoms with van der Waals surface area (Å²) >= 11 is 0. The molecule has 0 aromatic heterocycles. The second-order valence-corrected chi connectivity index (χ2v) is 14.3. The van der Waals surface area contributed by atoms with Gasteiger partial charge in [-0.25, -0.2) is 9.79 Å². The van der Waals surface area contributed by atoms with Crippen LogP contribution in [0.25, 0.3) is 0 Å². The van der Waals surface area contributed by atoms with Crippen molar-refractivity contribution in [1.29, 1.82) is 0 Å². The Bertz CT molecular complexity index is 988. The molecular weight excluding hydrogens is 500 g/mol. The van der Waals surface area contributed by atoms with Gasteiger partial charge in [0.15, 0.2) is 5.96 Å². The highest BCUT2D eigenvalue weighted by Gasteiger charge is 2.59. The number of hydrogen-bond acceptors (Lipinski definition) is 3. The van der Waals surface area contributed by atoms with Gasteiger partial charge in [-0.1, -0.05) is 65.5 Å². The van der Waals surface area contributed by atoms with Crippen LogP contribution in [-0.4, -0.2) is 37.2 Å². The molecule has 3 saturated carbocycles. The highest BCUT2D eigenvalue weighted by atomic mass is 16.6. The van der Waals surface area contributed by atoms with Crippen LogP contribution in [-0.2, 0) is 4.74 Å². The lowest BCUT2D eigenvalue weighted by Gasteiger charge is -2.58. The average molecular weight is 557 g/mol. The molecule has 4 rings (SSSR count). The minimum absolute atomic E-state index is 0.00317. The summed E-state index contributed by atoms with van der Waals surface area (Å²) in [6.07, 6.45) is 15.9. The quantitative estimate of drug-likeness (QED) is 0.125. The van der Waals surface area contributed by atoms with Crippen LogP contribution >= 0.6 is 0 Å². The first-order valence-electron chi connectivity index (χ1n) is 16.0. The third-order valence-electron chi connectivity index (χ3n) is 11.4. The van der Waals surface area contributed by atoms with E-state index in [1.165, 1.54) is 56.9 Å². The van der Waals surface area contributed by atoms with Crippen LogP contribution in [0.2, 0.25) is 0 Å². The van der Waals surface area contributed by atoms with Crippen LogP contribution < -0.4 is 22.5 Å². The topological polar surface area (TPSA) is 141 Å². The number of nitrogens with one attached hydrogen (secondary N) is 1. The molecule has 8 nitrogen and oxygen atoms in total. The Morgan fingerprint density at radius 3 is 2.58 bits per heavy atom. The first kappa shape index (κ1) is 30.7. The molecule has 8 atom stereocenters. The zero-order chi connectivity index (χ0) is 29.1. The Balaban J connectivity index is 1.32. The molecule has 0 aromatic rings. The molecule has 0 saturated heterocycles. The molecule has 4 aliphatic rings. The first-order valence-corrected chi connectivity index (χ1v) is 16.0. The molecule has 226 valence electrons. The smallest absolute Gasteiger partial charge is 0.407 e. The zero-order valence-corrected chi connectivity index (χ0v) is 25.8. The maximum Gasteiger partial charge on any atom is 0.407 e. The van der Waals surface area contributed by atoms with Crippen molar-refractivity contribution < 1.29 is 9.53 Å². The summed E-state index contributed by atoms with van der Waals surface area (Å²) in [5.41, 5.74) is 18.5. The van der Waals surface area contributed by atoms with Gasteiger partial charge in [-0.15, -0.1) is 0 Å². The molecule has 0 aromatic carbocycles. The predicted molar refractivity (Wildman–Crippen MR) is 164 cm³/mol. The molecule has 1 amide bonds. The second-order valence-electron chi connectivity index (χ2n) is 14.3. The molecule has 0 heterocycles. The van der Waals surface area contributed by atoms with Gasteiger partial charge in [0.25, 0.3) is 0 Å². The maximum atomic E-state index is 12.4. The number of carbonyl (C=O) groups excluding carboxylic acids is 1. The fourth-order valence-corrected chi connectivity index (χ4v) is 9.44. The number of amides is 1. The lowest BCUT2D eigenvalue weighted by Crippen LogP contribution is -2.51. The van der Waals surface area contributed by atoms with E-state index in [2.05, 4.69) is 56.0 Å². The largest absolute Gasteiger partial charge is 0.446 e. The summed E-state index contributed by atoms with van der Waals surface area (Å²) in [4.78, 5) is 20.1. The summed E-state index contributed by atoms with van der Waals surface area (Å²) in [7, 11) is 0. The van der Waals surface area contributed by atoms with Crippen molar-refractivity contribution in [3.63, 3.8) is 0 Å². The third-order valence-corrected chi connectivity index (χ3v) is 11.4. The van der Waals surface area contributed by atoms with E-state index in [1.807, 2.05) is 0 Å². The summed E-state index contributed by atoms with van der Waals surface area (Å²) in [5.74, 6) is 4.85. The first-order chi connectivity index (χ1) is 18.9. The number of guanidine groups is 2. The Hall–Kier alpha value is -2.25. The molecule has 0 radical (unpaired) electrons. The number of nitrogens with zero attached hydrogens (tertiary/aromatic N) is 2. The van der Waals surface area contributed by atoms with Crippen LogP contribution in [0.4, 0.5) is 4.79 Å². The van der Waals surface area contributed by atoms with Crippen molar-refractivity contribution in [3.8, 4) is 0 Å². The molecule has 40 heavy (non-hydrogen) atoms. The molecule has 0 aliphatic heterocycles. The normalized spacial score (nSPS) is 36.1. The highest BCUT2D eigenvalue weighted by molar-refractivity contribution is 5.92. The van der Waals surface area contributed by atoms with Crippen molar-refractivity contribution in [3.05, 3.63) is 11.6 Å². The minimum Gasteiger partial charge on any atom is -0.446 e. The van der Waals surface area contributed by atoms with Gasteiger partial charge in [0, 0.05) is 13.0 Å². The molecule has 0 bridgehead atoms. The number of carbonyl (C=O) groups is 1. The van der Waals surface area contributed by atoms with E-state index in [4.69, 9.17) is 21.9 Å². The number of aliphatic imine (C=N–C) groups is 2. The summed E-state index contributed by atoms with van der Waals surface area (Å²) < 4.78 is 5.83. The number of allylic oxidation sites excluding steroid dienone is 1. The Kier molecular flexibility index (Phi) is 9.77. The Morgan fingerprint density at radius 1 is 1.07 bits per heavy atom. The highest BCUT2D eigenvalue weighted by Crippen LogP contribution is 2.67. The zero-order valence-electron chi connectivity index (χ0n) is 25.8. The van der Waals surface area contributed by atoms with Crippen LogP contribution in [0.1, 0.15) is 105 Å². The fourth-order valence-electron chi connectivity index (χ4n) is 9.44. The van der Waals surface area contributed by atoms with Gasteiger partial charge in [-0.3, -0.25) is 0 Å². The van der Waals surface area contributed by atoms with E-state index < -0.39 is 6.09 Å². The summed E-state index contributed by atoms with van der Waals surface area (Å²) in [5, 5.41) is 2.77. The average Bonchev–Trinajstić information content (AvgIpc) is 3.23. The van der Waals surface area contributed by atoms with Gasteiger partial charge in [-0.05, 0) is 91.3 Å². The number of ether oxygens (including phenoxy) is 1. The molecule has 3 fully saturated rings. The van der Waals surface area contributed by atoms with Crippen molar-refractivity contribution in [2.24, 2.45) is 73.5 Å². The fraction of sp³-hybridized carbons (Fsp3) is 0.844. The molecular formula is C32H56N6O2. The standard InChI is InChI=1S/C32H56N6O2/c1-20(2)7-6-8-21(3)25-11-12-26-24-10-9-22-19-23(13-15-31(22,4)27(24)14-16-32(25,26)5)40-30(39)37-18-17-36-29(35)38-28(33)34/h9,20-21,23-27H,6-8,10-19H2,1-5H3,(H,37,39)(H6,33,34,35,36,38)/t21-,23+,24+,25-,26+,27+,31+,32-/m1/s1. The Morgan fingerprint density at radius 2 is 1.85 bits per heavy atom. The van der Waals surface area contributed by atoms with Gasteiger partial charge in [0.05, 0.1) is 6.54 Å². The van der Waals surface area contributed by atoms with Crippen LogP contribution in [0, 0.1) is 46.3 Å². The van der Waals surface area contributed by atoms with E-state index in [-0.39, 0.29) is 30.0 Å². The number of alkyl carbamates (subject to hydrolysis) is 1. The van der Waals surface area contributed by atoms with Gasteiger partial charge in [0.2, 0.25) is 5.96 Å². The van der Waals surface area contributed by atoms with Crippen LogP contribution in [0.5, 0.6) is 0 Å². The number of hydrogen-bond donors (Lipinski definition) is 4. The van der Waals surface area contributed by atoms with Crippen LogP contribution in [0.15, 0.2) is 21.6 Å². The maximum absolute atomic E-state index is 12.4. The molecule has 8 heteroatoms. The minimum atomic E-state index is -0.397. The van der Waals surface area contributed by atoms with E-state index in [9.17, 15) is 4.79 Å². The van der Waals surface area contributed by atoms with E-state index in [1.54, 1.807) is 0 Å². The number of fused-ring (bicyclic) bond motifs is 5. The molecule has 0 unspecified atom stereocenters. The summed E-state index contributed by atoms with van der Waals surface area (Å²) in [6, 6.07) is 0. The SMILES string of the molecule is CC(C)CCC[C@@H](C)[C@H]1CC[C@H]2[C@@H]3CC=C4C[C@@H](OC(=O)NCCN=C(N)N=C(N)N)CC[C@]4(C)[C@H]3CC[C@]12C. The van der Waals surface area contributed by atoms with E-state index in [0.29, 0.717) is 12.0 Å². The summed E-state index contributed by atoms with van der Waals surface area (Å²) in [6.45, 7) is 13.0. The van der Waals surface area contributed by atoms with Crippen molar-refractivity contribution >= 4 is 18.0 Å². The lowest BCUT2D eigenvalue weighted by atomic mass is 9.47. The monoisotopic (exact) mass is 556 g/mol. The lowest BCUT2D eigenvalue weighted by molar-refractivity contribution is -0.0581. The number of nitrogens with two attached hydrogens (primary N) is 3. The van der Waals surface area contributed by atoms with Gasteiger partial charge >= 0.3 is 6.09 Å². The molecule has 4 aliphatic carbocycles. The predicted octanol–water partition coefficient (Wildman–Crippen LogP) is 5.71. The molecule has 7 N–H and O–H groups in total. The van der Waals surface area contributed by atoms with E-state index in [0.717, 1.165) is 54.8 Å². The van der Waals surface area contributed by atoms with Gasteiger partial charge in [-0.2, -0.15) is 4.99 Å². The van der Waals surface area contributed by atoms with Crippen molar-refractivity contribution in [1.82, 2.24) is 5.32 Å². The number of rotatable bonds is 9. The second kappa shape index (κ2) is 12.7.